The average Bonchev–Trinajstić information content (AvgIpc) is 3.04. The summed E-state index contributed by atoms with van der Waals surface area (Å²) in [6, 6.07) is 16.9. The lowest BCUT2D eigenvalue weighted by Gasteiger charge is -2.13. The number of anilines is 1. The number of nitrogens with one attached hydrogen (secondary N) is 1. The average molecular weight is 354 g/mol. The molecule has 1 amide bonds. The number of ether oxygens (including phenoxy) is 1. The van der Waals surface area contributed by atoms with Gasteiger partial charge in [0, 0.05) is 12.1 Å². The molecule has 1 N–H and O–H groups in total. The highest BCUT2D eigenvalue weighted by Gasteiger charge is 2.18. The van der Waals surface area contributed by atoms with Crippen LogP contribution in [0.5, 0.6) is 0 Å². The van der Waals surface area contributed by atoms with Crippen LogP contribution in [0.25, 0.3) is 10.2 Å². The van der Waals surface area contributed by atoms with Gasteiger partial charge in [-0.1, -0.05) is 30.3 Å². The van der Waals surface area contributed by atoms with Crippen LogP contribution in [0.4, 0.5) is 5.69 Å². The van der Waals surface area contributed by atoms with Crippen LogP contribution >= 0.6 is 11.3 Å². The van der Waals surface area contributed by atoms with Crippen LogP contribution in [0, 0.1) is 0 Å². The van der Waals surface area contributed by atoms with E-state index in [2.05, 4.69) is 10.3 Å². The summed E-state index contributed by atoms with van der Waals surface area (Å²) in [7, 11) is 0. The number of hydrogen-bond donors (Lipinski definition) is 1. The summed E-state index contributed by atoms with van der Waals surface area (Å²) in [4.78, 5) is 28.5. The van der Waals surface area contributed by atoms with E-state index in [0.717, 1.165) is 15.2 Å². The Hall–Kier alpha value is -2.73. The van der Waals surface area contributed by atoms with Crippen molar-refractivity contribution in [1.29, 1.82) is 0 Å². The fourth-order valence-corrected chi connectivity index (χ4v) is 3.28. The molecule has 0 aliphatic heterocycles. The molecule has 1 atom stereocenters. The number of amides is 1. The second kappa shape index (κ2) is 7.90. The van der Waals surface area contributed by atoms with Crippen LogP contribution in [0.15, 0.2) is 54.6 Å². The SMILES string of the molecule is C[C@H](OC(=O)CCc1nc2ccccc2s1)C(=O)Nc1ccccc1. The molecule has 0 saturated heterocycles. The Balaban J connectivity index is 1.49. The smallest absolute Gasteiger partial charge is 0.306 e. The van der Waals surface area contributed by atoms with Gasteiger partial charge in [0.25, 0.3) is 5.91 Å². The monoisotopic (exact) mass is 354 g/mol. The maximum absolute atomic E-state index is 12.0. The molecule has 0 aliphatic rings. The van der Waals surface area contributed by atoms with E-state index in [1.54, 1.807) is 30.4 Å². The lowest BCUT2D eigenvalue weighted by molar-refractivity contribution is -0.153. The summed E-state index contributed by atoms with van der Waals surface area (Å²) >= 11 is 1.57. The minimum Gasteiger partial charge on any atom is -0.453 e. The lowest BCUT2D eigenvalue weighted by Crippen LogP contribution is -2.30. The standard InChI is InChI=1S/C19H18N2O3S/c1-13(19(23)20-14-7-3-2-4-8-14)24-18(22)12-11-17-21-15-9-5-6-10-16(15)25-17/h2-10,13H,11-12H2,1H3,(H,20,23)/t13-/m0/s1. The Morgan fingerprint density at radius 2 is 1.84 bits per heavy atom. The topological polar surface area (TPSA) is 68.3 Å². The van der Waals surface area contributed by atoms with Crippen molar-refractivity contribution in [3.05, 3.63) is 59.6 Å². The van der Waals surface area contributed by atoms with Crippen LogP contribution in [-0.4, -0.2) is 23.0 Å². The molecule has 3 rings (SSSR count). The summed E-state index contributed by atoms with van der Waals surface area (Å²) < 4.78 is 6.30. The van der Waals surface area contributed by atoms with Crippen molar-refractivity contribution in [2.24, 2.45) is 0 Å². The first-order valence-electron chi connectivity index (χ1n) is 8.01. The molecule has 0 radical (unpaired) electrons. The number of benzene rings is 2. The fourth-order valence-electron chi connectivity index (χ4n) is 2.31. The Bertz CT molecular complexity index is 844. The number of carbonyl (C=O) groups excluding carboxylic acids is 2. The summed E-state index contributed by atoms with van der Waals surface area (Å²) in [6.07, 6.45) is -0.142. The second-order valence-corrected chi connectivity index (χ2v) is 6.68. The molecule has 0 unspecified atom stereocenters. The van der Waals surface area contributed by atoms with Crippen LogP contribution in [0.2, 0.25) is 0 Å². The lowest BCUT2D eigenvalue weighted by atomic mass is 10.3. The van der Waals surface area contributed by atoms with Crippen LogP contribution in [0.3, 0.4) is 0 Å². The largest absolute Gasteiger partial charge is 0.453 e. The van der Waals surface area contributed by atoms with Gasteiger partial charge in [-0.25, -0.2) is 4.98 Å². The number of aromatic nitrogens is 1. The third kappa shape index (κ3) is 4.64. The molecular formula is C19H18N2O3S. The molecule has 1 heterocycles. The molecule has 6 heteroatoms. The van der Waals surface area contributed by atoms with Gasteiger partial charge in [0.15, 0.2) is 6.10 Å². The van der Waals surface area contributed by atoms with E-state index < -0.39 is 12.1 Å². The van der Waals surface area contributed by atoms with E-state index in [9.17, 15) is 9.59 Å². The maximum Gasteiger partial charge on any atom is 0.306 e. The van der Waals surface area contributed by atoms with Crippen molar-refractivity contribution in [3.8, 4) is 0 Å². The molecule has 3 aromatic rings. The number of carbonyl (C=O) groups is 2. The van der Waals surface area contributed by atoms with E-state index >= 15 is 0 Å². The highest BCUT2D eigenvalue weighted by Crippen LogP contribution is 2.22. The number of aryl methyl sites for hydroxylation is 1. The molecule has 0 bridgehead atoms. The number of thiazole rings is 1. The van der Waals surface area contributed by atoms with Crippen molar-refractivity contribution < 1.29 is 14.3 Å². The molecule has 1 aromatic heterocycles. The minimum atomic E-state index is -0.844. The molecule has 0 spiro atoms. The van der Waals surface area contributed by atoms with E-state index in [0.29, 0.717) is 12.1 Å². The highest BCUT2D eigenvalue weighted by molar-refractivity contribution is 7.18. The van der Waals surface area contributed by atoms with Gasteiger partial charge >= 0.3 is 5.97 Å². The summed E-state index contributed by atoms with van der Waals surface area (Å²) in [5.41, 5.74) is 1.61. The molecule has 0 saturated carbocycles. The molecule has 0 fully saturated rings. The zero-order valence-corrected chi connectivity index (χ0v) is 14.6. The zero-order valence-electron chi connectivity index (χ0n) is 13.8. The van der Waals surface area contributed by atoms with Gasteiger partial charge in [0.2, 0.25) is 0 Å². The predicted molar refractivity (Wildman–Crippen MR) is 98.6 cm³/mol. The molecule has 5 nitrogen and oxygen atoms in total. The molecular weight excluding hydrogens is 336 g/mol. The van der Waals surface area contributed by atoms with E-state index in [1.165, 1.54) is 0 Å². The van der Waals surface area contributed by atoms with Gasteiger partial charge in [-0.2, -0.15) is 0 Å². The predicted octanol–water partition coefficient (Wildman–Crippen LogP) is 3.80. The third-order valence-corrected chi connectivity index (χ3v) is 4.70. The van der Waals surface area contributed by atoms with Crippen LogP contribution < -0.4 is 5.32 Å². The van der Waals surface area contributed by atoms with E-state index in [1.807, 2.05) is 42.5 Å². The van der Waals surface area contributed by atoms with Gasteiger partial charge in [0.1, 0.15) is 0 Å². The van der Waals surface area contributed by atoms with Gasteiger partial charge in [-0.3, -0.25) is 9.59 Å². The second-order valence-electron chi connectivity index (χ2n) is 5.56. The summed E-state index contributed by atoms with van der Waals surface area (Å²) in [5.74, 6) is -0.755. The zero-order chi connectivity index (χ0) is 17.6. The highest BCUT2D eigenvalue weighted by atomic mass is 32.1. The molecule has 2 aromatic carbocycles. The first kappa shape index (κ1) is 17.1. The van der Waals surface area contributed by atoms with Crippen molar-refractivity contribution in [3.63, 3.8) is 0 Å². The van der Waals surface area contributed by atoms with Crippen molar-refractivity contribution in [2.45, 2.75) is 25.9 Å². The van der Waals surface area contributed by atoms with Crippen LogP contribution in [0.1, 0.15) is 18.4 Å². The fraction of sp³-hybridized carbons (Fsp3) is 0.211. The number of rotatable bonds is 6. The minimum absolute atomic E-state index is 0.197. The third-order valence-electron chi connectivity index (χ3n) is 3.60. The van der Waals surface area contributed by atoms with Gasteiger partial charge in [0.05, 0.1) is 21.6 Å². The Morgan fingerprint density at radius 1 is 1.12 bits per heavy atom. The normalized spacial score (nSPS) is 11.9. The Kier molecular flexibility index (Phi) is 5.40. The Labute approximate surface area is 149 Å². The number of esters is 1. The number of fused-ring (bicyclic) bond motifs is 1. The van der Waals surface area contributed by atoms with Gasteiger partial charge in [-0.05, 0) is 31.2 Å². The molecule has 25 heavy (non-hydrogen) atoms. The molecule has 128 valence electrons. The number of para-hydroxylation sites is 2. The van der Waals surface area contributed by atoms with Crippen molar-refractivity contribution in [2.75, 3.05) is 5.32 Å². The first-order chi connectivity index (χ1) is 12.1. The van der Waals surface area contributed by atoms with Gasteiger partial charge < -0.3 is 10.1 Å². The van der Waals surface area contributed by atoms with Crippen molar-refractivity contribution in [1.82, 2.24) is 4.98 Å². The number of nitrogens with zero attached hydrogens (tertiary/aromatic N) is 1. The summed E-state index contributed by atoms with van der Waals surface area (Å²) in [5, 5.41) is 3.60. The quantitative estimate of drug-likeness (QED) is 0.684. The maximum atomic E-state index is 12.0. The van der Waals surface area contributed by atoms with Crippen LogP contribution in [-0.2, 0) is 20.7 Å². The Morgan fingerprint density at radius 3 is 2.60 bits per heavy atom. The number of hydrogen-bond acceptors (Lipinski definition) is 5. The van der Waals surface area contributed by atoms with E-state index in [4.69, 9.17) is 4.74 Å². The first-order valence-corrected chi connectivity index (χ1v) is 8.83. The summed E-state index contributed by atoms with van der Waals surface area (Å²) in [6.45, 7) is 1.56. The van der Waals surface area contributed by atoms with E-state index in [-0.39, 0.29) is 12.3 Å². The molecule has 0 aliphatic carbocycles. The van der Waals surface area contributed by atoms with Gasteiger partial charge in [-0.15, -0.1) is 11.3 Å². The van der Waals surface area contributed by atoms with Crippen molar-refractivity contribution >= 4 is 39.1 Å².